The topological polar surface area (TPSA) is 102 Å². The largest absolute Gasteiger partial charge is 0.462 e. The fourth-order valence-corrected chi connectivity index (χ4v) is 3.43. The first-order chi connectivity index (χ1) is 15.8. The van der Waals surface area contributed by atoms with Gasteiger partial charge in [-0.15, -0.1) is 0 Å². The van der Waals surface area contributed by atoms with Crippen LogP contribution in [0.15, 0.2) is 42.5 Å². The molecule has 1 fully saturated rings. The summed E-state index contributed by atoms with van der Waals surface area (Å²) in [5.41, 5.74) is 3.78. The van der Waals surface area contributed by atoms with Gasteiger partial charge in [0.1, 0.15) is 0 Å². The van der Waals surface area contributed by atoms with Gasteiger partial charge in [-0.3, -0.25) is 14.4 Å². The molecule has 1 saturated heterocycles. The molecule has 8 heteroatoms. The number of carbonyl (C=O) groups is 4. The van der Waals surface area contributed by atoms with Gasteiger partial charge in [0, 0.05) is 24.3 Å². The Bertz CT molecular complexity index is 1050. The summed E-state index contributed by atoms with van der Waals surface area (Å²) in [6.45, 7) is 5.97. The van der Waals surface area contributed by atoms with Gasteiger partial charge in [0.05, 0.1) is 18.1 Å². The van der Waals surface area contributed by atoms with Crippen LogP contribution in [0.2, 0.25) is 0 Å². The Morgan fingerprint density at radius 1 is 1.03 bits per heavy atom. The molecule has 1 aliphatic rings. The smallest absolute Gasteiger partial charge is 0.338 e. The van der Waals surface area contributed by atoms with Crippen LogP contribution in [0.3, 0.4) is 0 Å². The van der Waals surface area contributed by atoms with Crippen molar-refractivity contribution in [3.63, 3.8) is 0 Å². The number of aryl methyl sites for hydroxylation is 2. The van der Waals surface area contributed by atoms with E-state index in [2.05, 4.69) is 5.32 Å². The van der Waals surface area contributed by atoms with Crippen molar-refractivity contribution in [3.8, 4) is 0 Å². The maximum absolute atomic E-state index is 12.4. The van der Waals surface area contributed by atoms with E-state index in [1.165, 1.54) is 0 Å². The van der Waals surface area contributed by atoms with Gasteiger partial charge in [0.2, 0.25) is 5.91 Å². The van der Waals surface area contributed by atoms with Gasteiger partial charge in [0.15, 0.2) is 6.61 Å². The first-order valence-corrected chi connectivity index (χ1v) is 10.9. The number of carbonyl (C=O) groups excluding carboxylic acids is 4. The number of nitrogens with zero attached hydrogens (tertiary/aromatic N) is 1. The molecule has 1 heterocycles. The third kappa shape index (κ3) is 6.19. The van der Waals surface area contributed by atoms with Crippen LogP contribution < -0.4 is 10.2 Å². The fourth-order valence-electron chi connectivity index (χ4n) is 3.43. The van der Waals surface area contributed by atoms with Gasteiger partial charge in [0.25, 0.3) is 5.91 Å². The van der Waals surface area contributed by atoms with E-state index in [4.69, 9.17) is 9.47 Å². The Morgan fingerprint density at radius 3 is 2.42 bits per heavy atom. The van der Waals surface area contributed by atoms with Gasteiger partial charge >= 0.3 is 11.9 Å². The average molecular weight is 453 g/mol. The van der Waals surface area contributed by atoms with Gasteiger partial charge < -0.3 is 19.7 Å². The first kappa shape index (κ1) is 24.0. The quantitative estimate of drug-likeness (QED) is 0.616. The second kappa shape index (κ2) is 10.8. The number of ether oxygens (including phenoxy) is 2. The molecule has 1 N–H and O–H groups in total. The predicted octanol–water partition coefficient (Wildman–Crippen LogP) is 3.41. The lowest BCUT2D eigenvalue weighted by atomic mass is 10.1. The van der Waals surface area contributed by atoms with Gasteiger partial charge in [-0.05, 0) is 67.8 Å². The fraction of sp³-hybridized carbons (Fsp3) is 0.360. The van der Waals surface area contributed by atoms with Crippen molar-refractivity contribution in [1.82, 2.24) is 0 Å². The monoisotopic (exact) mass is 452 g/mol. The summed E-state index contributed by atoms with van der Waals surface area (Å²) in [5.74, 6) is -2.30. The van der Waals surface area contributed by atoms with E-state index in [-0.39, 0.29) is 18.9 Å². The zero-order valence-electron chi connectivity index (χ0n) is 19.1. The molecule has 0 unspecified atom stereocenters. The summed E-state index contributed by atoms with van der Waals surface area (Å²) in [6.07, 6.45) is 0.778. The molecule has 1 atom stereocenters. The molecular formula is C25H28N2O6. The summed E-state index contributed by atoms with van der Waals surface area (Å²) in [5, 5.41) is 2.61. The minimum atomic E-state index is -0.625. The van der Waals surface area contributed by atoms with E-state index >= 15 is 0 Å². The molecule has 0 bridgehead atoms. The van der Waals surface area contributed by atoms with E-state index in [1.807, 2.05) is 39.0 Å². The molecule has 0 spiro atoms. The van der Waals surface area contributed by atoms with Crippen LogP contribution in [0.25, 0.3) is 0 Å². The third-order valence-corrected chi connectivity index (χ3v) is 5.45. The Morgan fingerprint density at radius 2 is 1.76 bits per heavy atom. The standard InChI is InChI=1S/C25H28N2O6/c1-4-11-32-24(30)18-6-8-20(9-7-18)26-22(28)15-33-25(31)19-13-23(29)27(14-19)21-10-5-16(2)17(3)12-21/h5-10,12,19H,4,11,13-15H2,1-3H3,(H,26,28)/t19-/m0/s1. The van der Waals surface area contributed by atoms with Gasteiger partial charge in [-0.25, -0.2) is 4.79 Å². The van der Waals surface area contributed by atoms with Gasteiger partial charge in [-0.1, -0.05) is 13.0 Å². The Kier molecular flexibility index (Phi) is 7.82. The van der Waals surface area contributed by atoms with Crippen LogP contribution in [0.5, 0.6) is 0 Å². The molecule has 33 heavy (non-hydrogen) atoms. The number of esters is 2. The van der Waals surface area contributed by atoms with Crippen LogP contribution in [-0.4, -0.2) is 43.5 Å². The summed E-state index contributed by atoms with van der Waals surface area (Å²) >= 11 is 0. The lowest BCUT2D eigenvalue weighted by Crippen LogP contribution is -2.28. The number of amides is 2. The lowest BCUT2D eigenvalue weighted by Gasteiger charge is -2.17. The molecule has 0 radical (unpaired) electrons. The highest BCUT2D eigenvalue weighted by Crippen LogP contribution is 2.27. The number of anilines is 2. The van der Waals surface area contributed by atoms with Crippen molar-refractivity contribution in [2.75, 3.05) is 30.0 Å². The summed E-state index contributed by atoms with van der Waals surface area (Å²) in [6, 6.07) is 11.9. The third-order valence-electron chi connectivity index (χ3n) is 5.45. The summed E-state index contributed by atoms with van der Waals surface area (Å²) in [7, 11) is 0. The Labute approximate surface area is 192 Å². The summed E-state index contributed by atoms with van der Waals surface area (Å²) in [4.78, 5) is 50.4. The van der Waals surface area contributed by atoms with E-state index in [1.54, 1.807) is 29.2 Å². The molecule has 174 valence electrons. The SMILES string of the molecule is CCCOC(=O)c1ccc(NC(=O)COC(=O)[C@H]2CC(=O)N(c3ccc(C)c(C)c3)C2)cc1. The minimum Gasteiger partial charge on any atom is -0.462 e. The number of rotatable bonds is 8. The molecule has 0 aliphatic carbocycles. The molecule has 2 amide bonds. The van der Waals surface area contributed by atoms with Gasteiger partial charge in [-0.2, -0.15) is 0 Å². The number of nitrogens with one attached hydrogen (secondary N) is 1. The van der Waals surface area contributed by atoms with Crippen LogP contribution in [-0.2, 0) is 23.9 Å². The average Bonchev–Trinajstić information content (AvgIpc) is 3.19. The van der Waals surface area contributed by atoms with E-state index in [0.717, 1.165) is 23.2 Å². The molecule has 3 rings (SSSR count). The second-order valence-corrected chi connectivity index (χ2v) is 8.04. The second-order valence-electron chi connectivity index (χ2n) is 8.04. The molecule has 1 aliphatic heterocycles. The van der Waals surface area contributed by atoms with Crippen molar-refractivity contribution in [3.05, 3.63) is 59.2 Å². The summed E-state index contributed by atoms with van der Waals surface area (Å²) < 4.78 is 10.2. The highest BCUT2D eigenvalue weighted by molar-refractivity contribution is 6.00. The normalized spacial score (nSPS) is 15.3. The molecule has 2 aromatic rings. The van der Waals surface area contributed by atoms with E-state index < -0.39 is 30.4 Å². The van der Waals surface area contributed by atoms with Crippen molar-refractivity contribution >= 4 is 35.1 Å². The van der Waals surface area contributed by atoms with Crippen molar-refractivity contribution in [2.24, 2.45) is 5.92 Å². The maximum atomic E-state index is 12.4. The zero-order chi connectivity index (χ0) is 24.0. The molecule has 8 nitrogen and oxygen atoms in total. The molecular weight excluding hydrogens is 424 g/mol. The van der Waals surface area contributed by atoms with Crippen molar-refractivity contribution in [2.45, 2.75) is 33.6 Å². The highest BCUT2D eigenvalue weighted by atomic mass is 16.5. The number of hydrogen-bond acceptors (Lipinski definition) is 6. The van der Waals surface area contributed by atoms with Crippen LogP contribution in [0, 0.1) is 19.8 Å². The Hall–Kier alpha value is -3.68. The van der Waals surface area contributed by atoms with E-state index in [9.17, 15) is 19.2 Å². The van der Waals surface area contributed by atoms with Crippen LogP contribution in [0.4, 0.5) is 11.4 Å². The molecule has 2 aromatic carbocycles. The first-order valence-electron chi connectivity index (χ1n) is 10.9. The lowest BCUT2D eigenvalue weighted by molar-refractivity contribution is -0.151. The number of benzene rings is 2. The maximum Gasteiger partial charge on any atom is 0.338 e. The Balaban J connectivity index is 1.48. The predicted molar refractivity (Wildman–Crippen MR) is 123 cm³/mol. The number of hydrogen-bond donors (Lipinski definition) is 1. The van der Waals surface area contributed by atoms with E-state index in [0.29, 0.717) is 17.9 Å². The minimum absolute atomic E-state index is 0.0446. The van der Waals surface area contributed by atoms with Crippen LogP contribution >= 0.6 is 0 Å². The zero-order valence-corrected chi connectivity index (χ0v) is 19.1. The highest BCUT2D eigenvalue weighted by Gasteiger charge is 2.36. The molecule has 0 aromatic heterocycles. The van der Waals surface area contributed by atoms with Crippen molar-refractivity contribution in [1.29, 1.82) is 0 Å². The van der Waals surface area contributed by atoms with Crippen LogP contribution in [0.1, 0.15) is 41.3 Å². The van der Waals surface area contributed by atoms with Crippen molar-refractivity contribution < 1.29 is 28.7 Å². The molecule has 0 saturated carbocycles.